The highest BCUT2D eigenvalue weighted by Crippen LogP contribution is 2.25. The number of hydrogen-bond donors (Lipinski definition) is 1. The van der Waals surface area contributed by atoms with E-state index in [4.69, 9.17) is 26.8 Å². The number of carbonyl (C=O) groups is 1. The van der Waals surface area contributed by atoms with E-state index < -0.39 is 12.1 Å². The fourth-order valence-electron chi connectivity index (χ4n) is 2.38. The summed E-state index contributed by atoms with van der Waals surface area (Å²) in [4.78, 5) is 11.6. The molecule has 0 aliphatic heterocycles. The number of methoxy groups -OCH3 is 2. The van der Waals surface area contributed by atoms with Crippen LogP contribution in [0.15, 0.2) is 48.5 Å². The summed E-state index contributed by atoms with van der Waals surface area (Å²) in [5.74, 6) is -0.418. The van der Waals surface area contributed by atoms with Gasteiger partial charge in [0.2, 0.25) is 0 Å². The number of nitrogens with two attached hydrogens (primary N) is 1. The predicted molar refractivity (Wildman–Crippen MR) is 91.2 cm³/mol. The van der Waals surface area contributed by atoms with Crippen molar-refractivity contribution in [2.45, 2.75) is 18.6 Å². The average Bonchev–Trinajstić information content (AvgIpc) is 2.59. The van der Waals surface area contributed by atoms with E-state index in [2.05, 4.69) is 0 Å². The maximum absolute atomic E-state index is 11.6. The van der Waals surface area contributed by atoms with Crippen molar-refractivity contribution in [2.24, 2.45) is 5.73 Å². The number of benzene rings is 2. The first-order valence-corrected chi connectivity index (χ1v) is 7.65. The van der Waals surface area contributed by atoms with Crippen molar-refractivity contribution >= 4 is 17.6 Å². The van der Waals surface area contributed by atoms with Gasteiger partial charge in [-0.05, 0) is 28.8 Å². The Labute approximate surface area is 141 Å². The molecule has 2 atom stereocenters. The van der Waals surface area contributed by atoms with E-state index in [9.17, 15) is 4.79 Å². The van der Waals surface area contributed by atoms with Gasteiger partial charge in [-0.3, -0.25) is 0 Å². The van der Waals surface area contributed by atoms with Gasteiger partial charge >= 0.3 is 5.97 Å². The van der Waals surface area contributed by atoms with Crippen molar-refractivity contribution in [1.29, 1.82) is 0 Å². The third-order valence-electron chi connectivity index (χ3n) is 3.71. The van der Waals surface area contributed by atoms with Gasteiger partial charge < -0.3 is 15.2 Å². The highest BCUT2D eigenvalue weighted by atomic mass is 35.5. The molecule has 2 aromatic rings. The Morgan fingerprint density at radius 1 is 1.13 bits per heavy atom. The van der Waals surface area contributed by atoms with E-state index in [1.54, 1.807) is 0 Å². The van der Waals surface area contributed by atoms with E-state index in [0.717, 1.165) is 16.7 Å². The summed E-state index contributed by atoms with van der Waals surface area (Å²) in [7, 11) is 2.80. The lowest BCUT2D eigenvalue weighted by atomic mass is 9.98. The van der Waals surface area contributed by atoms with Gasteiger partial charge in [0.15, 0.2) is 6.10 Å². The van der Waals surface area contributed by atoms with E-state index in [-0.39, 0.29) is 6.04 Å². The zero-order chi connectivity index (χ0) is 16.8. The third kappa shape index (κ3) is 4.55. The van der Waals surface area contributed by atoms with Crippen molar-refractivity contribution in [2.75, 3.05) is 14.2 Å². The molecular formula is C18H20ClNO3. The molecule has 0 aromatic heterocycles. The molecule has 0 saturated carbocycles. The molecule has 0 aliphatic carbocycles. The number of hydrogen-bond acceptors (Lipinski definition) is 4. The molecule has 2 N–H and O–H groups in total. The van der Waals surface area contributed by atoms with Gasteiger partial charge in [0.1, 0.15) is 0 Å². The van der Waals surface area contributed by atoms with Crippen LogP contribution in [0.25, 0.3) is 11.1 Å². The lowest BCUT2D eigenvalue weighted by molar-refractivity contribution is -0.152. The minimum absolute atomic E-state index is 0.313. The zero-order valence-corrected chi connectivity index (χ0v) is 13.9. The van der Waals surface area contributed by atoms with Gasteiger partial charge in [-0.25, -0.2) is 4.79 Å². The molecule has 0 bridgehead atoms. The van der Waals surface area contributed by atoms with E-state index in [1.165, 1.54) is 14.2 Å². The Morgan fingerprint density at radius 2 is 1.83 bits per heavy atom. The average molecular weight is 334 g/mol. The summed E-state index contributed by atoms with van der Waals surface area (Å²) in [6, 6.07) is 15.2. The highest BCUT2D eigenvalue weighted by Gasteiger charge is 2.22. The van der Waals surface area contributed by atoms with Crippen LogP contribution in [0.5, 0.6) is 0 Å². The standard InChI is InChI=1S/C18H20ClNO3/c1-22-17(18(21)23-2)11-16(20)13-8-6-12(7-9-13)14-4-3-5-15(19)10-14/h3-10,16-17H,11,20H2,1-2H3. The van der Waals surface area contributed by atoms with Crippen LogP contribution in [0.4, 0.5) is 0 Å². The second-order valence-electron chi connectivity index (χ2n) is 5.22. The first-order valence-electron chi connectivity index (χ1n) is 7.27. The summed E-state index contributed by atoms with van der Waals surface area (Å²) in [5.41, 5.74) is 9.20. The molecule has 122 valence electrons. The topological polar surface area (TPSA) is 61.5 Å². The van der Waals surface area contributed by atoms with Gasteiger partial charge in [-0.15, -0.1) is 0 Å². The normalized spacial score (nSPS) is 13.4. The number of esters is 1. The van der Waals surface area contributed by atoms with Gasteiger partial charge in [0.05, 0.1) is 7.11 Å². The van der Waals surface area contributed by atoms with Gasteiger partial charge in [0, 0.05) is 24.6 Å². The van der Waals surface area contributed by atoms with Crippen molar-refractivity contribution in [1.82, 2.24) is 0 Å². The zero-order valence-electron chi connectivity index (χ0n) is 13.2. The molecule has 23 heavy (non-hydrogen) atoms. The van der Waals surface area contributed by atoms with E-state index in [0.29, 0.717) is 11.4 Å². The summed E-state index contributed by atoms with van der Waals surface area (Å²) in [6.07, 6.45) is -0.303. The van der Waals surface area contributed by atoms with E-state index >= 15 is 0 Å². The van der Waals surface area contributed by atoms with Gasteiger partial charge in [0.25, 0.3) is 0 Å². The van der Waals surface area contributed by atoms with Crippen LogP contribution >= 0.6 is 11.6 Å². The molecule has 2 aromatic carbocycles. The van der Waals surface area contributed by atoms with Gasteiger partial charge in [-0.2, -0.15) is 0 Å². The van der Waals surface area contributed by atoms with Crippen LogP contribution in [0.1, 0.15) is 18.0 Å². The molecule has 2 rings (SSSR count). The van der Waals surface area contributed by atoms with E-state index in [1.807, 2.05) is 48.5 Å². The Hall–Kier alpha value is -1.88. The quantitative estimate of drug-likeness (QED) is 0.821. The fraction of sp³-hybridized carbons (Fsp3) is 0.278. The summed E-state index contributed by atoms with van der Waals surface area (Å²) in [5, 5.41) is 0.698. The number of halogens is 1. The second kappa shape index (κ2) is 8.11. The van der Waals surface area contributed by atoms with Crippen molar-refractivity contribution in [3.8, 4) is 11.1 Å². The highest BCUT2D eigenvalue weighted by molar-refractivity contribution is 6.30. The largest absolute Gasteiger partial charge is 0.467 e. The Bertz CT molecular complexity index is 658. The van der Waals surface area contributed by atoms with Crippen LogP contribution < -0.4 is 5.73 Å². The number of rotatable bonds is 6. The molecule has 0 saturated heterocycles. The van der Waals surface area contributed by atoms with Crippen LogP contribution in [0.3, 0.4) is 0 Å². The van der Waals surface area contributed by atoms with Crippen molar-refractivity contribution in [3.63, 3.8) is 0 Å². The molecule has 5 heteroatoms. The maximum atomic E-state index is 11.6. The minimum atomic E-state index is -0.664. The molecular weight excluding hydrogens is 314 g/mol. The first kappa shape index (κ1) is 17.5. The Kier molecular flexibility index (Phi) is 6.16. The van der Waals surface area contributed by atoms with Crippen LogP contribution in [0.2, 0.25) is 5.02 Å². The number of ether oxygens (including phenoxy) is 2. The molecule has 0 amide bonds. The Balaban J connectivity index is 2.11. The molecule has 0 radical (unpaired) electrons. The van der Waals surface area contributed by atoms with Gasteiger partial charge in [-0.1, -0.05) is 48.0 Å². The second-order valence-corrected chi connectivity index (χ2v) is 5.66. The summed E-state index contributed by atoms with van der Waals surface area (Å²) < 4.78 is 9.83. The predicted octanol–water partition coefficient (Wildman–Crippen LogP) is 3.58. The summed E-state index contributed by atoms with van der Waals surface area (Å²) in [6.45, 7) is 0. The summed E-state index contributed by atoms with van der Waals surface area (Å²) >= 11 is 6.02. The lowest BCUT2D eigenvalue weighted by Crippen LogP contribution is -2.29. The maximum Gasteiger partial charge on any atom is 0.335 e. The lowest BCUT2D eigenvalue weighted by Gasteiger charge is -2.18. The molecule has 0 heterocycles. The molecule has 2 unspecified atom stereocenters. The third-order valence-corrected chi connectivity index (χ3v) is 3.95. The monoisotopic (exact) mass is 333 g/mol. The SMILES string of the molecule is COC(=O)C(CC(N)c1ccc(-c2cccc(Cl)c2)cc1)OC. The molecule has 4 nitrogen and oxygen atoms in total. The Morgan fingerprint density at radius 3 is 2.39 bits per heavy atom. The van der Waals surface area contributed by atoms with Crippen LogP contribution in [-0.4, -0.2) is 26.3 Å². The first-order chi connectivity index (χ1) is 11.0. The fourth-order valence-corrected chi connectivity index (χ4v) is 2.57. The number of carbonyl (C=O) groups excluding carboxylic acids is 1. The van der Waals surface area contributed by atoms with Crippen LogP contribution in [-0.2, 0) is 14.3 Å². The minimum Gasteiger partial charge on any atom is -0.467 e. The molecule has 0 spiro atoms. The van der Waals surface area contributed by atoms with Crippen molar-refractivity contribution in [3.05, 3.63) is 59.1 Å². The molecule has 0 aliphatic rings. The molecule has 0 fully saturated rings. The van der Waals surface area contributed by atoms with Crippen LogP contribution in [0, 0.1) is 0 Å². The smallest absolute Gasteiger partial charge is 0.335 e. The van der Waals surface area contributed by atoms with Crippen molar-refractivity contribution < 1.29 is 14.3 Å².